The summed E-state index contributed by atoms with van der Waals surface area (Å²) in [4.78, 5) is 24.6. The van der Waals surface area contributed by atoms with Gasteiger partial charge in [0.2, 0.25) is 0 Å². The molecular formula is C14H18N2O5S. The summed E-state index contributed by atoms with van der Waals surface area (Å²) in [5.41, 5.74) is 0.443. The van der Waals surface area contributed by atoms with Crippen LogP contribution in [0.2, 0.25) is 0 Å². The van der Waals surface area contributed by atoms with E-state index in [-0.39, 0.29) is 34.7 Å². The Kier molecular flexibility index (Phi) is 4.50. The number of carbonyl (C=O) groups excluding carboxylic acids is 1. The molecule has 2 rings (SSSR count). The zero-order valence-corrected chi connectivity index (χ0v) is 13.3. The van der Waals surface area contributed by atoms with E-state index in [2.05, 4.69) is 0 Å². The van der Waals surface area contributed by atoms with Crippen LogP contribution in [0.4, 0.5) is 5.69 Å². The maximum absolute atomic E-state index is 12.7. The Morgan fingerprint density at radius 3 is 2.64 bits per heavy atom. The van der Waals surface area contributed by atoms with E-state index in [9.17, 15) is 23.3 Å². The highest BCUT2D eigenvalue weighted by atomic mass is 32.2. The number of nitro groups is 1. The van der Waals surface area contributed by atoms with Crippen LogP contribution in [0.25, 0.3) is 0 Å². The molecule has 0 aromatic heterocycles. The van der Waals surface area contributed by atoms with Crippen LogP contribution in [-0.2, 0) is 9.84 Å². The van der Waals surface area contributed by atoms with Gasteiger partial charge in [-0.1, -0.05) is 6.07 Å². The van der Waals surface area contributed by atoms with E-state index < -0.39 is 14.8 Å². The smallest absolute Gasteiger partial charge is 0.273 e. The van der Waals surface area contributed by atoms with Gasteiger partial charge in [0, 0.05) is 29.8 Å². The van der Waals surface area contributed by atoms with Crippen LogP contribution in [-0.4, -0.2) is 48.2 Å². The first-order valence-corrected chi connectivity index (χ1v) is 8.84. The molecule has 0 spiro atoms. The first-order valence-electron chi connectivity index (χ1n) is 7.02. The number of amides is 1. The molecule has 1 aliphatic rings. The standard InChI is InChI=1S/C14H18N2O5S/c1-3-15(11-7-8-22(20,21)9-11)14(17)12-5-4-6-13(10(12)2)16(18)19/h4-6,11H,3,7-9H2,1-2H3. The Bertz CT molecular complexity index is 714. The number of benzene rings is 1. The molecule has 1 heterocycles. The Labute approximate surface area is 129 Å². The maximum atomic E-state index is 12.7. The van der Waals surface area contributed by atoms with Gasteiger partial charge >= 0.3 is 0 Å². The molecular weight excluding hydrogens is 308 g/mol. The zero-order chi connectivity index (χ0) is 16.5. The van der Waals surface area contributed by atoms with E-state index in [1.807, 2.05) is 0 Å². The van der Waals surface area contributed by atoms with Crippen LogP contribution in [0, 0.1) is 17.0 Å². The zero-order valence-electron chi connectivity index (χ0n) is 12.5. The molecule has 0 aliphatic carbocycles. The molecule has 0 N–H and O–H groups in total. The third-order valence-electron chi connectivity index (χ3n) is 3.98. The number of nitrogens with zero attached hydrogens (tertiary/aromatic N) is 2. The molecule has 8 heteroatoms. The quantitative estimate of drug-likeness (QED) is 0.617. The van der Waals surface area contributed by atoms with E-state index >= 15 is 0 Å². The lowest BCUT2D eigenvalue weighted by molar-refractivity contribution is -0.385. The molecule has 1 fully saturated rings. The van der Waals surface area contributed by atoms with Gasteiger partial charge < -0.3 is 4.90 Å². The van der Waals surface area contributed by atoms with Gasteiger partial charge in [-0.05, 0) is 26.3 Å². The third-order valence-corrected chi connectivity index (χ3v) is 5.73. The minimum Gasteiger partial charge on any atom is -0.335 e. The molecule has 120 valence electrons. The Balaban J connectivity index is 2.34. The molecule has 1 saturated heterocycles. The van der Waals surface area contributed by atoms with Crippen molar-refractivity contribution in [1.82, 2.24) is 4.90 Å². The summed E-state index contributed by atoms with van der Waals surface area (Å²) >= 11 is 0. The van der Waals surface area contributed by atoms with Crippen LogP contribution in [0.1, 0.15) is 29.3 Å². The molecule has 0 bridgehead atoms. The molecule has 1 aromatic rings. The largest absolute Gasteiger partial charge is 0.335 e. The topological polar surface area (TPSA) is 97.6 Å². The molecule has 22 heavy (non-hydrogen) atoms. The van der Waals surface area contributed by atoms with E-state index in [1.54, 1.807) is 6.92 Å². The Morgan fingerprint density at radius 2 is 2.14 bits per heavy atom. The lowest BCUT2D eigenvalue weighted by Gasteiger charge is -2.27. The van der Waals surface area contributed by atoms with Crippen molar-refractivity contribution in [2.24, 2.45) is 0 Å². The van der Waals surface area contributed by atoms with Gasteiger partial charge in [-0.25, -0.2) is 8.42 Å². The van der Waals surface area contributed by atoms with Crippen molar-refractivity contribution in [1.29, 1.82) is 0 Å². The highest BCUT2D eigenvalue weighted by Crippen LogP contribution is 2.25. The molecule has 1 aliphatic heterocycles. The van der Waals surface area contributed by atoms with Crippen molar-refractivity contribution in [2.45, 2.75) is 26.3 Å². The second-order valence-electron chi connectivity index (χ2n) is 5.35. The summed E-state index contributed by atoms with van der Waals surface area (Å²) in [5, 5.41) is 11.0. The predicted molar refractivity (Wildman–Crippen MR) is 81.6 cm³/mol. The van der Waals surface area contributed by atoms with Crippen molar-refractivity contribution < 1.29 is 18.1 Å². The predicted octanol–water partition coefficient (Wildman–Crippen LogP) is 1.55. The van der Waals surface area contributed by atoms with Crippen molar-refractivity contribution in [3.63, 3.8) is 0 Å². The summed E-state index contributed by atoms with van der Waals surface area (Å²) in [6, 6.07) is 4.00. The van der Waals surface area contributed by atoms with Crippen LogP contribution >= 0.6 is 0 Å². The maximum Gasteiger partial charge on any atom is 0.273 e. The molecule has 1 atom stereocenters. The Morgan fingerprint density at radius 1 is 1.45 bits per heavy atom. The third kappa shape index (κ3) is 3.11. The average molecular weight is 326 g/mol. The number of nitro benzene ring substituents is 1. The van der Waals surface area contributed by atoms with Crippen LogP contribution < -0.4 is 0 Å². The van der Waals surface area contributed by atoms with Crippen LogP contribution in [0.5, 0.6) is 0 Å². The van der Waals surface area contributed by atoms with Crippen molar-refractivity contribution in [3.05, 3.63) is 39.4 Å². The highest BCUT2D eigenvalue weighted by Gasteiger charge is 2.35. The summed E-state index contributed by atoms with van der Waals surface area (Å²) in [6.45, 7) is 3.67. The first kappa shape index (κ1) is 16.4. The second kappa shape index (κ2) is 6.04. The molecule has 0 saturated carbocycles. The lowest BCUT2D eigenvalue weighted by atomic mass is 10.0. The summed E-state index contributed by atoms with van der Waals surface area (Å²) in [6.07, 6.45) is 0.413. The number of hydrogen-bond acceptors (Lipinski definition) is 5. The molecule has 1 unspecified atom stereocenters. The number of carbonyl (C=O) groups is 1. The van der Waals surface area contributed by atoms with E-state index in [1.165, 1.54) is 30.0 Å². The van der Waals surface area contributed by atoms with E-state index in [4.69, 9.17) is 0 Å². The van der Waals surface area contributed by atoms with Crippen molar-refractivity contribution in [3.8, 4) is 0 Å². The van der Waals surface area contributed by atoms with Crippen LogP contribution in [0.3, 0.4) is 0 Å². The monoisotopic (exact) mass is 326 g/mol. The Hall–Kier alpha value is -1.96. The van der Waals surface area contributed by atoms with E-state index in [0.717, 1.165) is 0 Å². The number of sulfone groups is 1. The average Bonchev–Trinajstić information content (AvgIpc) is 2.79. The van der Waals surface area contributed by atoms with E-state index in [0.29, 0.717) is 18.5 Å². The fraction of sp³-hybridized carbons (Fsp3) is 0.500. The van der Waals surface area contributed by atoms with Gasteiger partial charge in [-0.3, -0.25) is 14.9 Å². The second-order valence-corrected chi connectivity index (χ2v) is 7.58. The van der Waals surface area contributed by atoms with Crippen molar-refractivity contribution >= 4 is 21.4 Å². The molecule has 1 aromatic carbocycles. The summed E-state index contributed by atoms with van der Waals surface area (Å²) in [5.74, 6) is -0.318. The van der Waals surface area contributed by atoms with Gasteiger partial charge in [0.1, 0.15) is 0 Å². The van der Waals surface area contributed by atoms with Gasteiger partial charge in [-0.15, -0.1) is 0 Å². The van der Waals surface area contributed by atoms with Gasteiger partial charge in [0.15, 0.2) is 9.84 Å². The lowest BCUT2D eigenvalue weighted by Crippen LogP contribution is -2.41. The summed E-state index contributed by atoms with van der Waals surface area (Å²) < 4.78 is 23.2. The normalized spacial score (nSPS) is 19.8. The molecule has 1 amide bonds. The van der Waals surface area contributed by atoms with Gasteiger partial charge in [0.05, 0.1) is 16.4 Å². The molecule has 7 nitrogen and oxygen atoms in total. The SMILES string of the molecule is CCN(C(=O)c1cccc([N+](=O)[O-])c1C)C1CCS(=O)(=O)C1. The van der Waals surface area contributed by atoms with Gasteiger partial charge in [-0.2, -0.15) is 0 Å². The minimum atomic E-state index is -3.10. The highest BCUT2D eigenvalue weighted by molar-refractivity contribution is 7.91. The van der Waals surface area contributed by atoms with Crippen LogP contribution in [0.15, 0.2) is 18.2 Å². The number of hydrogen-bond donors (Lipinski definition) is 0. The van der Waals surface area contributed by atoms with Crippen molar-refractivity contribution in [2.75, 3.05) is 18.1 Å². The fourth-order valence-corrected chi connectivity index (χ4v) is 4.53. The fourth-order valence-electron chi connectivity index (χ4n) is 2.80. The molecule has 0 radical (unpaired) electrons. The summed E-state index contributed by atoms with van der Waals surface area (Å²) in [7, 11) is -3.10. The number of rotatable bonds is 4. The minimum absolute atomic E-state index is 0.0411. The first-order chi connectivity index (χ1) is 10.3. The van der Waals surface area contributed by atoms with Gasteiger partial charge in [0.25, 0.3) is 11.6 Å².